The predicted molar refractivity (Wildman–Crippen MR) is 88.8 cm³/mol. The maximum Gasteiger partial charge on any atom is 0.328 e. The molecule has 1 heterocycles. The van der Waals surface area contributed by atoms with E-state index in [0.29, 0.717) is 6.54 Å². The summed E-state index contributed by atoms with van der Waals surface area (Å²) < 4.78 is 15.5. The lowest BCUT2D eigenvalue weighted by Gasteiger charge is -2.09. The Kier molecular flexibility index (Phi) is 3.98. The van der Waals surface area contributed by atoms with Gasteiger partial charge in [-0.1, -0.05) is 30.3 Å². The van der Waals surface area contributed by atoms with Gasteiger partial charge in [-0.25, -0.2) is 9.18 Å². The summed E-state index contributed by atoms with van der Waals surface area (Å²) in [5, 5.41) is 9.86. The van der Waals surface area contributed by atoms with Gasteiger partial charge in [0.05, 0.1) is 0 Å². The molecule has 1 N–H and O–H groups in total. The second kappa shape index (κ2) is 6.08. The van der Waals surface area contributed by atoms with Crippen molar-refractivity contribution < 1.29 is 14.3 Å². The van der Waals surface area contributed by atoms with E-state index in [-0.39, 0.29) is 5.82 Å². The van der Waals surface area contributed by atoms with Gasteiger partial charge >= 0.3 is 5.97 Å². The molecule has 0 amide bonds. The third kappa shape index (κ3) is 3.01. The first-order valence-electron chi connectivity index (χ1n) is 7.29. The second-order valence-corrected chi connectivity index (χ2v) is 5.40. The van der Waals surface area contributed by atoms with Crippen LogP contribution >= 0.6 is 0 Å². The van der Waals surface area contributed by atoms with E-state index in [4.69, 9.17) is 5.11 Å². The fourth-order valence-electron chi connectivity index (χ4n) is 2.84. The summed E-state index contributed by atoms with van der Waals surface area (Å²) in [5.74, 6) is -1.24. The fraction of sp³-hybridized carbons (Fsp3) is 0.105. The van der Waals surface area contributed by atoms with E-state index >= 15 is 0 Å². The molecule has 3 rings (SSSR count). The quantitative estimate of drug-likeness (QED) is 0.733. The van der Waals surface area contributed by atoms with Gasteiger partial charge in [0.2, 0.25) is 0 Å². The van der Waals surface area contributed by atoms with Crippen LogP contribution in [-0.2, 0) is 11.3 Å². The van der Waals surface area contributed by atoms with E-state index < -0.39 is 5.97 Å². The van der Waals surface area contributed by atoms with Crippen molar-refractivity contribution in [3.8, 4) is 0 Å². The van der Waals surface area contributed by atoms with E-state index in [1.54, 1.807) is 12.1 Å². The van der Waals surface area contributed by atoms with Crippen molar-refractivity contribution in [1.82, 2.24) is 4.57 Å². The van der Waals surface area contributed by atoms with Crippen LogP contribution in [-0.4, -0.2) is 15.6 Å². The first-order valence-corrected chi connectivity index (χ1v) is 7.29. The van der Waals surface area contributed by atoms with E-state index in [2.05, 4.69) is 4.57 Å². The van der Waals surface area contributed by atoms with Crippen LogP contribution in [0.15, 0.2) is 54.6 Å². The molecule has 0 saturated heterocycles. The number of aromatic nitrogens is 1. The lowest BCUT2D eigenvalue weighted by molar-refractivity contribution is -0.131. The Bertz CT molecular complexity index is 909. The molecule has 0 aliphatic rings. The molecule has 0 radical (unpaired) electrons. The van der Waals surface area contributed by atoms with Gasteiger partial charge in [-0.05, 0) is 36.8 Å². The van der Waals surface area contributed by atoms with Crippen molar-refractivity contribution in [1.29, 1.82) is 0 Å². The highest BCUT2D eigenvalue weighted by Gasteiger charge is 2.12. The third-order valence-corrected chi connectivity index (χ3v) is 3.90. The number of rotatable bonds is 4. The molecule has 0 spiro atoms. The molecule has 0 aliphatic heterocycles. The molecule has 0 bridgehead atoms. The number of hydrogen-bond donors (Lipinski definition) is 1. The molecule has 23 heavy (non-hydrogen) atoms. The van der Waals surface area contributed by atoms with Crippen molar-refractivity contribution in [2.24, 2.45) is 0 Å². The van der Waals surface area contributed by atoms with E-state index in [1.807, 2.05) is 37.3 Å². The van der Waals surface area contributed by atoms with Crippen molar-refractivity contribution in [3.05, 3.63) is 77.2 Å². The van der Waals surface area contributed by atoms with Gasteiger partial charge in [-0.15, -0.1) is 0 Å². The minimum Gasteiger partial charge on any atom is -0.478 e. The molecule has 116 valence electrons. The number of carbonyl (C=O) groups is 1. The van der Waals surface area contributed by atoms with Gasteiger partial charge in [-0.2, -0.15) is 0 Å². The Labute approximate surface area is 133 Å². The zero-order valence-electron chi connectivity index (χ0n) is 12.7. The smallest absolute Gasteiger partial charge is 0.328 e. The average molecular weight is 309 g/mol. The standard InChI is InChI=1S/C19H16FNO2/c1-13-16(9-10-19(22)23)17-7-2-3-8-18(17)21(13)12-14-5-4-6-15(20)11-14/h2-11H,12H2,1H3,(H,22,23)/b10-9+. The SMILES string of the molecule is Cc1c(/C=C/C(=O)O)c2ccccc2n1Cc1cccc(F)c1. The highest BCUT2D eigenvalue weighted by atomic mass is 19.1. The van der Waals surface area contributed by atoms with Crippen molar-refractivity contribution in [2.75, 3.05) is 0 Å². The minimum atomic E-state index is -0.980. The summed E-state index contributed by atoms with van der Waals surface area (Å²) in [6.07, 6.45) is 2.75. The summed E-state index contributed by atoms with van der Waals surface area (Å²) in [4.78, 5) is 10.8. The maximum atomic E-state index is 13.4. The highest BCUT2D eigenvalue weighted by molar-refractivity contribution is 5.95. The van der Waals surface area contributed by atoms with Crippen molar-refractivity contribution in [2.45, 2.75) is 13.5 Å². The molecule has 2 aromatic carbocycles. The Hall–Kier alpha value is -2.88. The minimum absolute atomic E-state index is 0.261. The number of benzene rings is 2. The number of aliphatic carboxylic acids is 1. The maximum absolute atomic E-state index is 13.4. The Morgan fingerprint density at radius 1 is 1.22 bits per heavy atom. The number of carboxylic acid groups (broad SMARTS) is 1. The molecule has 0 unspecified atom stereocenters. The molecular formula is C19H16FNO2. The van der Waals surface area contributed by atoms with Gasteiger partial charge < -0.3 is 9.67 Å². The fourth-order valence-corrected chi connectivity index (χ4v) is 2.84. The van der Waals surface area contributed by atoms with Gasteiger partial charge in [0.1, 0.15) is 5.82 Å². The van der Waals surface area contributed by atoms with Gasteiger partial charge in [-0.3, -0.25) is 0 Å². The number of halogens is 1. The largest absolute Gasteiger partial charge is 0.478 e. The topological polar surface area (TPSA) is 42.2 Å². The average Bonchev–Trinajstić information content (AvgIpc) is 2.78. The number of para-hydroxylation sites is 1. The van der Waals surface area contributed by atoms with Crippen LogP contribution in [0.4, 0.5) is 4.39 Å². The van der Waals surface area contributed by atoms with E-state index in [0.717, 1.165) is 33.8 Å². The molecule has 0 saturated carbocycles. The number of nitrogens with zero attached hydrogens (tertiary/aromatic N) is 1. The zero-order valence-corrected chi connectivity index (χ0v) is 12.7. The van der Waals surface area contributed by atoms with E-state index in [1.165, 1.54) is 12.1 Å². The predicted octanol–water partition coefficient (Wildman–Crippen LogP) is 4.23. The summed E-state index contributed by atoms with van der Waals surface area (Å²) in [5.41, 5.74) is 3.69. The van der Waals surface area contributed by atoms with Crippen LogP contribution in [0.1, 0.15) is 16.8 Å². The summed E-state index contributed by atoms with van der Waals surface area (Å²) in [7, 11) is 0. The molecule has 0 fully saturated rings. The Morgan fingerprint density at radius 3 is 2.74 bits per heavy atom. The zero-order chi connectivity index (χ0) is 16.4. The normalized spacial score (nSPS) is 11.4. The molecule has 3 aromatic rings. The third-order valence-electron chi connectivity index (χ3n) is 3.90. The van der Waals surface area contributed by atoms with Crippen LogP contribution in [0.3, 0.4) is 0 Å². The molecule has 4 heteroatoms. The van der Waals surface area contributed by atoms with Crippen molar-refractivity contribution >= 4 is 22.9 Å². The second-order valence-electron chi connectivity index (χ2n) is 5.40. The van der Waals surface area contributed by atoms with Crippen LogP contribution < -0.4 is 0 Å². The summed E-state index contributed by atoms with van der Waals surface area (Å²) >= 11 is 0. The summed E-state index contributed by atoms with van der Waals surface area (Å²) in [6.45, 7) is 2.48. The van der Waals surface area contributed by atoms with E-state index in [9.17, 15) is 9.18 Å². The molecule has 1 aromatic heterocycles. The molecule has 0 atom stereocenters. The number of carboxylic acids is 1. The summed E-state index contributed by atoms with van der Waals surface area (Å²) in [6, 6.07) is 14.3. The lowest BCUT2D eigenvalue weighted by Crippen LogP contribution is -2.02. The number of hydrogen-bond acceptors (Lipinski definition) is 1. The molecular weight excluding hydrogens is 293 g/mol. The highest BCUT2D eigenvalue weighted by Crippen LogP contribution is 2.28. The van der Waals surface area contributed by atoms with Gasteiger partial charge in [0, 0.05) is 34.8 Å². The first-order chi connectivity index (χ1) is 11.1. The van der Waals surface area contributed by atoms with Crippen LogP contribution in [0, 0.1) is 12.7 Å². The lowest BCUT2D eigenvalue weighted by atomic mass is 10.1. The Balaban J connectivity index is 2.13. The van der Waals surface area contributed by atoms with Crippen LogP contribution in [0.25, 0.3) is 17.0 Å². The van der Waals surface area contributed by atoms with Gasteiger partial charge in [0.25, 0.3) is 0 Å². The number of fused-ring (bicyclic) bond motifs is 1. The van der Waals surface area contributed by atoms with Gasteiger partial charge in [0.15, 0.2) is 0 Å². The van der Waals surface area contributed by atoms with Crippen LogP contribution in [0.5, 0.6) is 0 Å². The molecule has 0 aliphatic carbocycles. The molecule has 3 nitrogen and oxygen atoms in total. The first kappa shape index (κ1) is 15.0. The monoisotopic (exact) mass is 309 g/mol. The van der Waals surface area contributed by atoms with Crippen LogP contribution in [0.2, 0.25) is 0 Å². The van der Waals surface area contributed by atoms with Crippen molar-refractivity contribution in [3.63, 3.8) is 0 Å². The Morgan fingerprint density at radius 2 is 2.00 bits per heavy atom.